The van der Waals surface area contributed by atoms with Gasteiger partial charge in [-0.3, -0.25) is 14.6 Å². The van der Waals surface area contributed by atoms with E-state index in [2.05, 4.69) is 10.3 Å². The Morgan fingerprint density at radius 2 is 1.92 bits per heavy atom. The van der Waals surface area contributed by atoms with Crippen LogP contribution >= 0.6 is 0 Å². The molecule has 1 saturated carbocycles. The number of aromatic nitrogens is 1. The summed E-state index contributed by atoms with van der Waals surface area (Å²) in [5.74, 6) is -2.34. The van der Waals surface area contributed by atoms with Gasteiger partial charge in [0.2, 0.25) is 5.91 Å². The van der Waals surface area contributed by atoms with Crippen molar-refractivity contribution in [1.29, 1.82) is 5.26 Å². The summed E-state index contributed by atoms with van der Waals surface area (Å²) in [5.41, 5.74) is 2.52. The molecule has 1 aliphatic rings. The van der Waals surface area contributed by atoms with E-state index in [1.165, 1.54) is 0 Å². The first-order valence-electron chi connectivity index (χ1n) is 7.87. The van der Waals surface area contributed by atoms with Gasteiger partial charge < -0.3 is 5.32 Å². The SMILES string of the molecule is Cc1nc(-c2ccccc2)ccc1C(=O)[C@@H](C#N)C(=O)NC1CC1. The molecule has 0 bridgehead atoms. The Labute approximate surface area is 140 Å². The molecule has 24 heavy (non-hydrogen) atoms. The number of rotatable bonds is 5. The van der Waals surface area contributed by atoms with Gasteiger partial charge in [-0.05, 0) is 31.9 Å². The number of hydrogen-bond donors (Lipinski definition) is 1. The molecule has 1 fully saturated rings. The minimum Gasteiger partial charge on any atom is -0.352 e. The molecular formula is C19H17N3O2. The molecule has 0 aliphatic heterocycles. The lowest BCUT2D eigenvalue weighted by atomic mass is 9.96. The number of hydrogen-bond acceptors (Lipinski definition) is 4. The van der Waals surface area contributed by atoms with Crippen LogP contribution < -0.4 is 5.32 Å². The number of carbonyl (C=O) groups is 2. The lowest BCUT2D eigenvalue weighted by Gasteiger charge is -2.11. The molecule has 1 aromatic heterocycles. The van der Waals surface area contributed by atoms with Crippen molar-refractivity contribution in [2.75, 3.05) is 0 Å². The van der Waals surface area contributed by atoms with Crippen molar-refractivity contribution >= 4 is 11.7 Å². The van der Waals surface area contributed by atoms with Crippen LogP contribution in [0.1, 0.15) is 28.9 Å². The summed E-state index contributed by atoms with van der Waals surface area (Å²) < 4.78 is 0. The van der Waals surface area contributed by atoms with E-state index in [1.807, 2.05) is 36.4 Å². The van der Waals surface area contributed by atoms with E-state index >= 15 is 0 Å². The molecule has 1 heterocycles. The largest absolute Gasteiger partial charge is 0.352 e. The molecule has 5 nitrogen and oxygen atoms in total. The van der Waals surface area contributed by atoms with Gasteiger partial charge in [0.05, 0.1) is 11.8 Å². The summed E-state index contributed by atoms with van der Waals surface area (Å²) in [6.45, 7) is 1.72. The number of carbonyl (C=O) groups excluding carboxylic acids is 2. The summed E-state index contributed by atoms with van der Waals surface area (Å²) in [4.78, 5) is 29.1. The molecule has 5 heteroatoms. The molecule has 0 radical (unpaired) electrons. The van der Waals surface area contributed by atoms with Crippen molar-refractivity contribution in [3.8, 4) is 17.3 Å². The van der Waals surface area contributed by atoms with Crippen molar-refractivity contribution in [3.63, 3.8) is 0 Å². The van der Waals surface area contributed by atoms with Crippen LogP contribution in [0.5, 0.6) is 0 Å². The number of nitriles is 1. The average molecular weight is 319 g/mol. The van der Waals surface area contributed by atoms with Crippen molar-refractivity contribution in [1.82, 2.24) is 10.3 Å². The second-order valence-electron chi connectivity index (χ2n) is 5.90. The highest BCUT2D eigenvalue weighted by Crippen LogP contribution is 2.22. The first kappa shape index (κ1) is 15.9. The first-order chi connectivity index (χ1) is 11.6. The Balaban J connectivity index is 1.84. The fourth-order valence-corrected chi connectivity index (χ4v) is 2.50. The third kappa shape index (κ3) is 3.33. The van der Waals surface area contributed by atoms with Gasteiger partial charge in [-0.25, -0.2) is 0 Å². The maximum absolute atomic E-state index is 12.6. The summed E-state index contributed by atoms with van der Waals surface area (Å²) in [6.07, 6.45) is 1.81. The number of Topliss-reactive ketones (excluding diaryl/α,β-unsaturated/α-hetero) is 1. The Morgan fingerprint density at radius 1 is 1.21 bits per heavy atom. The standard InChI is InChI=1S/C19H17N3O2/c1-12-15(9-10-17(21-12)13-5-3-2-4-6-13)18(23)16(11-20)19(24)22-14-7-8-14/h2-6,9-10,14,16H,7-8H2,1H3,(H,22,24)/t16-/m1/s1. The topological polar surface area (TPSA) is 82.8 Å². The number of aryl methyl sites for hydroxylation is 1. The fourth-order valence-electron chi connectivity index (χ4n) is 2.50. The number of amides is 1. The maximum Gasteiger partial charge on any atom is 0.245 e. The lowest BCUT2D eigenvalue weighted by molar-refractivity contribution is -0.122. The summed E-state index contributed by atoms with van der Waals surface area (Å²) in [5, 5.41) is 11.9. The van der Waals surface area contributed by atoms with Gasteiger partial charge in [-0.2, -0.15) is 5.26 Å². The highest BCUT2D eigenvalue weighted by atomic mass is 16.2. The van der Waals surface area contributed by atoms with Crippen LogP contribution in [0.25, 0.3) is 11.3 Å². The fraction of sp³-hybridized carbons (Fsp3) is 0.263. The zero-order chi connectivity index (χ0) is 17.1. The Morgan fingerprint density at radius 3 is 2.50 bits per heavy atom. The van der Waals surface area contributed by atoms with Gasteiger partial charge in [-0.1, -0.05) is 30.3 Å². The molecule has 1 aromatic carbocycles. The molecule has 0 saturated heterocycles. The van der Waals surface area contributed by atoms with E-state index in [-0.39, 0.29) is 6.04 Å². The second kappa shape index (κ2) is 6.63. The molecule has 1 N–H and O–H groups in total. The number of nitrogens with one attached hydrogen (secondary N) is 1. The van der Waals surface area contributed by atoms with Crippen molar-refractivity contribution in [2.45, 2.75) is 25.8 Å². The monoisotopic (exact) mass is 319 g/mol. The van der Waals surface area contributed by atoms with Gasteiger partial charge in [0.15, 0.2) is 11.7 Å². The molecule has 1 aliphatic carbocycles. The molecule has 120 valence electrons. The van der Waals surface area contributed by atoms with Crippen LogP contribution in [0.15, 0.2) is 42.5 Å². The van der Waals surface area contributed by atoms with Crippen LogP contribution in [0.2, 0.25) is 0 Å². The van der Waals surface area contributed by atoms with Gasteiger partial charge in [-0.15, -0.1) is 0 Å². The van der Waals surface area contributed by atoms with Crippen LogP contribution in [-0.4, -0.2) is 22.7 Å². The molecule has 0 spiro atoms. The van der Waals surface area contributed by atoms with Crippen molar-refractivity contribution in [3.05, 3.63) is 53.7 Å². The number of pyridine rings is 1. The highest BCUT2D eigenvalue weighted by Gasteiger charge is 2.33. The molecule has 0 unspecified atom stereocenters. The van der Waals surface area contributed by atoms with E-state index < -0.39 is 17.6 Å². The summed E-state index contributed by atoms with van der Waals surface area (Å²) >= 11 is 0. The molecule has 3 rings (SSSR count). The number of nitrogens with zero attached hydrogens (tertiary/aromatic N) is 2. The summed E-state index contributed by atoms with van der Waals surface area (Å²) in [7, 11) is 0. The van der Waals surface area contributed by atoms with Crippen LogP contribution in [0, 0.1) is 24.2 Å². The van der Waals surface area contributed by atoms with Crippen molar-refractivity contribution in [2.24, 2.45) is 5.92 Å². The average Bonchev–Trinajstić information content (AvgIpc) is 3.40. The van der Waals surface area contributed by atoms with Gasteiger partial charge in [0.1, 0.15) is 0 Å². The normalized spacial score (nSPS) is 14.5. The van der Waals surface area contributed by atoms with E-state index in [0.717, 1.165) is 24.1 Å². The van der Waals surface area contributed by atoms with Gasteiger partial charge in [0, 0.05) is 22.9 Å². The smallest absolute Gasteiger partial charge is 0.245 e. The zero-order valence-electron chi connectivity index (χ0n) is 13.3. The predicted molar refractivity (Wildman–Crippen MR) is 89.0 cm³/mol. The molecule has 2 aromatic rings. The van der Waals surface area contributed by atoms with Gasteiger partial charge >= 0.3 is 0 Å². The van der Waals surface area contributed by atoms with Crippen LogP contribution in [0.4, 0.5) is 0 Å². The zero-order valence-corrected chi connectivity index (χ0v) is 13.3. The predicted octanol–water partition coefficient (Wildman–Crippen LogP) is 2.66. The second-order valence-corrected chi connectivity index (χ2v) is 5.90. The Bertz CT molecular complexity index is 820. The first-order valence-corrected chi connectivity index (χ1v) is 7.87. The molecule has 1 atom stereocenters. The van der Waals surface area contributed by atoms with Crippen molar-refractivity contribution < 1.29 is 9.59 Å². The van der Waals surface area contributed by atoms with Crippen LogP contribution in [0.3, 0.4) is 0 Å². The summed E-state index contributed by atoms with van der Waals surface area (Å²) in [6, 6.07) is 14.9. The van der Waals surface area contributed by atoms with E-state index in [0.29, 0.717) is 11.3 Å². The maximum atomic E-state index is 12.6. The Hall–Kier alpha value is -3.00. The number of benzene rings is 1. The molecular weight excluding hydrogens is 302 g/mol. The quantitative estimate of drug-likeness (QED) is 0.678. The van der Waals surface area contributed by atoms with E-state index in [4.69, 9.17) is 0 Å². The van der Waals surface area contributed by atoms with Crippen LogP contribution in [-0.2, 0) is 4.79 Å². The minimum absolute atomic E-state index is 0.112. The third-order valence-corrected chi connectivity index (χ3v) is 4.00. The number of ketones is 1. The van der Waals surface area contributed by atoms with E-state index in [1.54, 1.807) is 19.1 Å². The highest BCUT2D eigenvalue weighted by molar-refractivity contribution is 6.12. The third-order valence-electron chi connectivity index (χ3n) is 4.00. The van der Waals surface area contributed by atoms with E-state index in [9.17, 15) is 14.9 Å². The van der Waals surface area contributed by atoms with Gasteiger partial charge in [0.25, 0.3) is 0 Å². The Kier molecular flexibility index (Phi) is 4.39. The minimum atomic E-state index is -1.33. The lowest BCUT2D eigenvalue weighted by Crippen LogP contribution is -2.36. The molecule has 1 amide bonds.